The second-order valence-corrected chi connectivity index (χ2v) is 3.61. The summed E-state index contributed by atoms with van der Waals surface area (Å²) in [7, 11) is 1.76. The lowest BCUT2D eigenvalue weighted by atomic mass is 9.89. The fraction of sp³-hybridized carbons (Fsp3) is 0.875. The molecule has 1 rings (SSSR count). The highest BCUT2D eigenvalue weighted by Crippen LogP contribution is 2.24. The predicted molar refractivity (Wildman–Crippen MR) is 45.9 cm³/mol. The molecule has 1 fully saturated rings. The molecule has 1 aliphatic heterocycles. The molecule has 0 unspecified atom stereocenters. The topological polar surface area (TPSA) is 50.4 Å². The van der Waals surface area contributed by atoms with E-state index in [9.17, 15) is 4.79 Å². The summed E-state index contributed by atoms with van der Waals surface area (Å²) in [6.45, 7) is 4.72. The van der Waals surface area contributed by atoms with Crippen LogP contribution in [0.25, 0.3) is 0 Å². The third-order valence-corrected chi connectivity index (χ3v) is 1.95. The van der Waals surface area contributed by atoms with Gasteiger partial charge in [0, 0.05) is 12.0 Å². The normalized spacial score (nSPS) is 19.8. The maximum absolute atomic E-state index is 11.0. The molecule has 4 nitrogen and oxygen atoms in total. The predicted octanol–water partition coefficient (Wildman–Crippen LogP) is -0.642. The van der Waals surface area contributed by atoms with E-state index in [4.69, 9.17) is 4.74 Å². The minimum Gasteiger partial charge on any atom is -0.380 e. The lowest BCUT2D eigenvalue weighted by Crippen LogP contribution is -2.49. The third-order valence-electron chi connectivity index (χ3n) is 1.95. The minimum atomic E-state index is 0.0469. The van der Waals surface area contributed by atoms with E-state index < -0.39 is 0 Å². The van der Waals surface area contributed by atoms with Crippen LogP contribution in [0.1, 0.15) is 6.92 Å². The Morgan fingerprint density at radius 1 is 1.58 bits per heavy atom. The minimum absolute atomic E-state index is 0.0469. The molecule has 2 N–H and O–H groups in total. The fourth-order valence-electron chi connectivity index (χ4n) is 1.09. The van der Waals surface area contributed by atoms with Crippen molar-refractivity contribution in [1.82, 2.24) is 10.6 Å². The monoisotopic (exact) mass is 172 g/mol. The van der Waals surface area contributed by atoms with Gasteiger partial charge in [0.15, 0.2) is 0 Å². The van der Waals surface area contributed by atoms with Gasteiger partial charge in [-0.3, -0.25) is 4.79 Å². The van der Waals surface area contributed by atoms with Crippen LogP contribution in [0.3, 0.4) is 0 Å². The highest BCUT2D eigenvalue weighted by molar-refractivity contribution is 5.77. The summed E-state index contributed by atoms with van der Waals surface area (Å²) in [6, 6.07) is 0. The van der Waals surface area contributed by atoms with E-state index in [0.29, 0.717) is 13.1 Å². The molecule has 1 saturated heterocycles. The van der Waals surface area contributed by atoms with Gasteiger partial charge in [-0.05, 0) is 7.05 Å². The summed E-state index contributed by atoms with van der Waals surface area (Å²) in [5, 5.41) is 5.64. The van der Waals surface area contributed by atoms with Gasteiger partial charge in [-0.1, -0.05) is 6.92 Å². The summed E-state index contributed by atoms with van der Waals surface area (Å²) in [6.07, 6.45) is 0. The summed E-state index contributed by atoms with van der Waals surface area (Å²) in [5.41, 5.74) is 0.170. The first-order valence-corrected chi connectivity index (χ1v) is 4.15. The van der Waals surface area contributed by atoms with Crippen LogP contribution in [0.2, 0.25) is 0 Å². The summed E-state index contributed by atoms with van der Waals surface area (Å²) >= 11 is 0. The molecule has 1 amide bonds. The van der Waals surface area contributed by atoms with Crippen molar-refractivity contribution in [2.24, 2.45) is 5.41 Å². The van der Waals surface area contributed by atoms with Crippen LogP contribution in [-0.2, 0) is 9.53 Å². The van der Waals surface area contributed by atoms with Crippen LogP contribution in [0.4, 0.5) is 0 Å². The van der Waals surface area contributed by atoms with Crippen LogP contribution in [0.5, 0.6) is 0 Å². The second-order valence-electron chi connectivity index (χ2n) is 3.61. The molecule has 0 atom stereocenters. The molecule has 0 radical (unpaired) electrons. The van der Waals surface area contributed by atoms with Crippen molar-refractivity contribution < 1.29 is 9.53 Å². The van der Waals surface area contributed by atoms with Gasteiger partial charge in [-0.15, -0.1) is 0 Å². The number of ether oxygens (including phenoxy) is 1. The number of rotatable bonds is 4. The lowest BCUT2D eigenvalue weighted by Gasteiger charge is -2.38. The first-order valence-electron chi connectivity index (χ1n) is 4.15. The molecule has 4 heteroatoms. The molecule has 0 bridgehead atoms. The van der Waals surface area contributed by atoms with Crippen LogP contribution >= 0.6 is 0 Å². The molecule has 1 aliphatic rings. The highest BCUT2D eigenvalue weighted by Gasteiger charge is 2.33. The van der Waals surface area contributed by atoms with Gasteiger partial charge < -0.3 is 15.4 Å². The van der Waals surface area contributed by atoms with E-state index in [1.165, 1.54) is 0 Å². The number of amides is 1. The number of carbonyl (C=O) groups excluding carboxylic acids is 1. The van der Waals surface area contributed by atoms with Crippen LogP contribution < -0.4 is 10.6 Å². The van der Waals surface area contributed by atoms with Crippen molar-refractivity contribution in [2.75, 3.05) is 33.4 Å². The summed E-state index contributed by atoms with van der Waals surface area (Å²) in [5.74, 6) is 0.0469. The van der Waals surface area contributed by atoms with E-state index in [0.717, 1.165) is 13.2 Å². The molecule has 12 heavy (non-hydrogen) atoms. The van der Waals surface area contributed by atoms with Gasteiger partial charge in [0.25, 0.3) is 0 Å². The molecule has 70 valence electrons. The van der Waals surface area contributed by atoms with E-state index >= 15 is 0 Å². The zero-order valence-corrected chi connectivity index (χ0v) is 7.64. The quantitative estimate of drug-likeness (QED) is 0.593. The zero-order valence-electron chi connectivity index (χ0n) is 7.64. The first kappa shape index (κ1) is 9.48. The Bertz CT molecular complexity index is 166. The van der Waals surface area contributed by atoms with E-state index in [1.807, 2.05) is 0 Å². The smallest absolute Gasteiger partial charge is 0.233 e. The first-order chi connectivity index (χ1) is 5.66. The fourth-order valence-corrected chi connectivity index (χ4v) is 1.09. The number of carbonyl (C=O) groups is 1. The molecule has 0 aromatic rings. The SMILES string of the molecule is CNCC(=O)NCC1(C)COC1. The lowest BCUT2D eigenvalue weighted by molar-refractivity contribution is -0.125. The Labute approximate surface area is 72.7 Å². The average molecular weight is 172 g/mol. The Kier molecular flexibility index (Phi) is 3.05. The van der Waals surface area contributed by atoms with Gasteiger partial charge >= 0.3 is 0 Å². The van der Waals surface area contributed by atoms with Gasteiger partial charge in [-0.25, -0.2) is 0 Å². The van der Waals surface area contributed by atoms with Gasteiger partial charge in [0.1, 0.15) is 0 Å². The number of hydrogen-bond donors (Lipinski definition) is 2. The van der Waals surface area contributed by atoms with E-state index in [1.54, 1.807) is 7.05 Å². The van der Waals surface area contributed by atoms with Crippen molar-refractivity contribution in [1.29, 1.82) is 0 Å². The molecule has 0 saturated carbocycles. The maximum Gasteiger partial charge on any atom is 0.233 e. The van der Waals surface area contributed by atoms with Crippen LogP contribution in [0, 0.1) is 5.41 Å². The van der Waals surface area contributed by atoms with Crippen molar-refractivity contribution in [3.63, 3.8) is 0 Å². The van der Waals surface area contributed by atoms with E-state index in [-0.39, 0.29) is 11.3 Å². The summed E-state index contributed by atoms with van der Waals surface area (Å²) < 4.78 is 5.06. The molecule has 0 aromatic heterocycles. The average Bonchev–Trinajstić information content (AvgIpc) is 1.98. The molecule has 0 aliphatic carbocycles. The second kappa shape index (κ2) is 3.87. The zero-order chi connectivity index (χ0) is 9.03. The largest absolute Gasteiger partial charge is 0.380 e. The summed E-state index contributed by atoms with van der Waals surface area (Å²) in [4.78, 5) is 11.0. The van der Waals surface area contributed by atoms with Crippen LogP contribution in [0.15, 0.2) is 0 Å². The standard InChI is InChI=1S/C8H16N2O2/c1-8(5-12-6-8)4-10-7(11)3-9-2/h9H,3-6H2,1-2H3,(H,10,11). The van der Waals surface area contributed by atoms with Crippen molar-refractivity contribution in [3.05, 3.63) is 0 Å². The molecular weight excluding hydrogens is 156 g/mol. The number of nitrogens with one attached hydrogen (secondary N) is 2. The number of likely N-dealkylation sites (N-methyl/N-ethyl adjacent to an activating group) is 1. The van der Waals surface area contributed by atoms with E-state index in [2.05, 4.69) is 17.6 Å². The Morgan fingerprint density at radius 3 is 2.67 bits per heavy atom. The molecule has 1 heterocycles. The van der Waals surface area contributed by atoms with Gasteiger partial charge in [0.05, 0.1) is 19.8 Å². The Balaban J connectivity index is 2.12. The van der Waals surface area contributed by atoms with Crippen LogP contribution in [-0.4, -0.2) is 39.3 Å². The van der Waals surface area contributed by atoms with Crippen molar-refractivity contribution >= 4 is 5.91 Å². The molecule has 0 spiro atoms. The van der Waals surface area contributed by atoms with Gasteiger partial charge in [0.2, 0.25) is 5.91 Å². The van der Waals surface area contributed by atoms with Crippen molar-refractivity contribution in [3.8, 4) is 0 Å². The Morgan fingerprint density at radius 2 is 2.25 bits per heavy atom. The Hall–Kier alpha value is -0.610. The number of hydrogen-bond acceptors (Lipinski definition) is 3. The third kappa shape index (κ3) is 2.46. The highest BCUT2D eigenvalue weighted by atomic mass is 16.5. The van der Waals surface area contributed by atoms with Crippen molar-refractivity contribution in [2.45, 2.75) is 6.92 Å². The maximum atomic E-state index is 11.0. The molecule has 0 aromatic carbocycles. The van der Waals surface area contributed by atoms with Gasteiger partial charge in [-0.2, -0.15) is 0 Å². The molecular formula is C8H16N2O2.